The van der Waals surface area contributed by atoms with E-state index in [1.54, 1.807) is 0 Å². The summed E-state index contributed by atoms with van der Waals surface area (Å²) in [6.45, 7) is 96.7. The fourth-order valence-corrected chi connectivity index (χ4v) is 9.34. The van der Waals surface area contributed by atoms with Crippen molar-refractivity contribution < 1.29 is 0 Å². The van der Waals surface area contributed by atoms with Crippen molar-refractivity contribution in [2.45, 2.75) is 477 Å². The number of unbranched alkanes of at least 4 members (excludes halogenated alkanes) is 9. The molecule has 0 aliphatic heterocycles. The van der Waals surface area contributed by atoms with Crippen LogP contribution in [0.1, 0.15) is 477 Å². The number of hydrogen-bond donors (Lipinski definition) is 0. The summed E-state index contributed by atoms with van der Waals surface area (Å²) in [4.78, 5) is 0. The molecular weight excluding hydrogens is 1140 g/mol. The lowest BCUT2D eigenvalue weighted by Crippen LogP contribution is -2.06. The summed E-state index contributed by atoms with van der Waals surface area (Å²) >= 11 is 0. The molecule has 0 fully saturated rings. The van der Waals surface area contributed by atoms with E-state index in [2.05, 4.69) is 352 Å². The third-order valence-electron chi connectivity index (χ3n) is 15.5. The minimum absolute atomic E-state index is 0.349. The van der Waals surface area contributed by atoms with Crippen molar-refractivity contribution in [2.24, 2.45) is 75.8 Å². The molecule has 0 unspecified atom stereocenters. The molecule has 0 spiro atoms. The SMILES string of the molecule is CC(C)(C)/C=C/CCCC(C)(C)C.CC(C)(C)/C=C/CCCCC(C)(C)C.CC(C)(C)C/C=C/CCC(C)(C)C.CC(C)(C)C/C=C/CCCC(C)(C)C.CC(C)(C)CC/C=C/CCC(C)(C)C.CC(C)(C)CCCCCC(C)(C)C.CC(C)(C)CCCCCCC(C)(C)C. The Hall–Kier alpha value is -1.30. The van der Waals surface area contributed by atoms with Crippen LogP contribution in [0, 0.1) is 75.8 Å². The van der Waals surface area contributed by atoms with Gasteiger partial charge >= 0.3 is 0 Å². The molecule has 0 atom stereocenters. The van der Waals surface area contributed by atoms with E-state index in [4.69, 9.17) is 0 Å². The van der Waals surface area contributed by atoms with Gasteiger partial charge < -0.3 is 0 Å². The molecule has 574 valence electrons. The topological polar surface area (TPSA) is 0 Å². The molecule has 0 rings (SSSR count). The van der Waals surface area contributed by atoms with Gasteiger partial charge in [-0.15, -0.1) is 0 Å². The van der Waals surface area contributed by atoms with E-state index >= 15 is 0 Å². The maximum absolute atomic E-state index is 2.34. The Balaban J connectivity index is -0.000000190. The highest BCUT2D eigenvalue weighted by atomic mass is 14.2. The summed E-state index contributed by atoms with van der Waals surface area (Å²) in [5, 5.41) is 0. The van der Waals surface area contributed by atoms with Crippen molar-refractivity contribution in [3.63, 3.8) is 0 Å². The zero-order chi connectivity index (χ0) is 76.6. The van der Waals surface area contributed by atoms with E-state index in [1.165, 1.54) is 186 Å². The third kappa shape index (κ3) is 144. The van der Waals surface area contributed by atoms with E-state index in [9.17, 15) is 0 Å². The predicted octanol–water partition coefficient (Wildman–Crippen LogP) is 35.6. The van der Waals surface area contributed by atoms with E-state index in [1.807, 2.05) is 0 Å². The smallest absolute Gasteiger partial charge is 0.0203 e. The van der Waals surface area contributed by atoms with Crippen LogP contribution in [0.2, 0.25) is 0 Å². The molecule has 0 saturated carbocycles. The molecule has 0 aromatic rings. The second kappa shape index (κ2) is 52.6. The summed E-state index contributed by atoms with van der Waals surface area (Å²) in [6, 6.07) is 0. The number of rotatable bonds is 27. The Morgan fingerprint density at radius 3 is 0.516 bits per heavy atom. The average molecular weight is 1340 g/mol. The van der Waals surface area contributed by atoms with Gasteiger partial charge in [0.15, 0.2) is 0 Å². The minimum atomic E-state index is 0.349. The van der Waals surface area contributed by atoms with Gasteiger partial charge in [-0.25, -0.2) is 0 Å². The van der Waals surface area contributed by atoms with Crippen molar-refractivity contribution in [3.8, 4) is 0 Å². The molecule has 0 heterocycles. The molecule has 0 aromatic heterocycles. The summed E-state index contributed by atoms with van der Waals surface area (Å²) < 4.78 is 0. The lowest BCUT2D eigenvalue weighted by Gasteiger charge is -2.20. The first-order valence-corrected chi connectivity index (χ1v) is 40.3. The second-order valence-corrected chi connectivity index (χ2v) is 46.2. The molecule has 0 nitrogen and oxygen atoms in total. The van der Waals surface area contributed by atoms with Gasteiger partial charge in [0.05, 0.1) is 0 Å². The Morgan fingerprint density at radius 1 is 0.137 bits per heavy atom. The molecule has 0 bridgehead atoms. The first kappa shape index (κ1) is 107. The van der Waals surface area contributed by atoms with Crippen molar-refractivity contribution in [1.82, 2.24) is 0 Å². The van der Waals surface area contributed by atoms with Gasteiger partial charge in [0.1, 0.15) is 0 Å². The Kier molecular flexibility index (Phi) is 59.3. The zero-order valence-corrected chi connectivity index (χ0v) is 75.3. The van der Waals surface area contributed by atoms with Crippen molar-refractivity contribution in [1.29, 1.82) is 0 Å². The van der Waals surface area contributed by atoms with Gasteiger partial charge in [-0.1, -0.05) is 403 Å². The summed E-state index contributed by atoms with van der Waals surface area (Å²) in [7, 11) is 0. The lowest BCUT2D eigenvalue weighted by molar-refractivity contribution is 0.330. The highest BCUT2D eigenvalue weighted by molar-refractivity contribution is 4.93. The molecule has 0 aliphatic carbocycles. The van der Waals surface area contributed by atoms with E-state index in [0.717, 1.165) is 0 Å². The summed E-state index contributed by atoms with van der Waals surface area (Å²) in [5.41, 5.74) is 6.65. The monoisotopic (exact) mass is 1340 g/mol. The Bertz CT molecular complexity index is 1750. The van der Waals surface area contributed by atoms with E-state index < -0.39 is 0 Å². The fraction of sp³-hybridized carbons (Fsp3) is 0.895. The highest BCUT2D eigenvalue weighted by Gasteiger charge is 2.16. The number of allylic oxidation sites excluding steroid dienone is 10. The maximum Gasteiger partial charge on any atom is -0.0203 e. The van der Waals surface area contributed by atoms with Gasteiger partial charge in [0.2, 0.25) is 0 Å². The largest absolute Gasteiger partial charge is 0.0885 e. The standard InChI is InChI=1S/C14H30.3C14H28.C13H28.2C13H26/c4*1-13(2,3)11-9-7-8-10-12-14(4,5)6;3*1-12(2,3)10-8-7-9-11-13(4,5)6/h7-12H2,1-6H3;9,11H,7-8,10,12H2,1-6H3;7,9H,8,10-12H2,1-6H3;7-8H,9-12H2,1-6H3;7-11H2,1-6H3;8,10H,7,9,11H2,1-6H3;7-8H,9-11H2,1-6H3/b;11-9+;9-7+;8-7+;;10-8+;8-7+. The quantitative estimate of drug-likeness (QED) is 0.0568. The molecule has 0 heteroatoms. The lowest BCUT2D eigenvalue weighted by atomic mass is 9.86. The van der Waals surface area contributed by atoms with Crippen LogP contribution in [0.4, 0.5) is 0 Å². The molecule has 0 N–H and O–H groups in total. The molecule has 0 amide bonds. The van der Waals surface area contributed by atoms with E-state index in [-0.39, 0.29) is 0 Å². The van der Waals surface area contributed by atoms with Crippen molar-refractivity contribution >= 4 is 0 Å². The molecular formula is C95H194. The van der Waals surface area contributed by atoms with Gasteiger partial charge in [0, 0.05) is 0 Å². The van der Waals surface area contributed by atoms with Crippen LogP contribution in [0.3, 0.4) is 0 Å². The predicted molar refractivity (Wildman–Crippen MR) is 452 cm³/mol. The van der Waals surface area contributed by atoms with E-state index in [0.29, 0.717) is 75.8 Å². The third-order valence-corrected chi connectivity index (χ3v) is 15.5. The van der Waals surface area contributed by atoms with Crippen molar-refractivity contribution in [2.75, 3.05) is 0 Å². The molecule has 0 aromatic carbocycles. The van der Waals surface area contributed by atoms with Crippen molar-refractivity contribution in [3.05, 3.63) is 60.8 Å². The highest BCUT2D eigenvalue weighted by Crippen LogP contribution is 2.30. The zero-order valence-electron chi connectivity index (χ0n) is 75.3. The van der Waals surface area contributed by atoms with Crippen LogP contribution in [-0.4, -0.2) is 0 Å². The minimum Gasteiger partial charge on any atom is -0.0885 e. The van der Waals surface area contributed by atoms with Crippen LogP contribution in [0.15, 0.2) is 60.8 Å². The maximum atomic E-state index is 2.34. The molecule has 0 aliphatic rings. The Labute approximate surface area is 610 Å². The first-order chi connectivity index (χ1) is 41.9. The van der Waals surface area contributed by atoms with Gasteiger partial charge in [0.25, 0.3) is 0 Å². The first-order valence-electron chi connectivity index (χ1n) is 40.3. The normalized spacial score (nSPS) is 13.7. The van der Waals surface area contributed by atoms with Gasteiger partial charge in [-0.2, -0.15) is 0 Å². The Morgan fingerprint density at radius 2 is 0.305 bits per heavy atom. The summed E-state index contributed by atoms with van der Waals surface area (Å²) in [6.07, 6.45) is 61.7. The van der Waals surface area contributed by atoms with Crippen LogP contribution in [0.5, 0.6) is 0 Å². The van der Waals surface area contributed by atoms with Gasteiger partial charge in [-0.3, -0.25) is 0 Å². The second-order valence-electron chi connectivity index (χ2n) is 46.2. The fourth-order valence-electron chi connectivity index (χ4n) is 9.34. The average Bonchev–Trinajstić information content (AvgIpc) is 3.52. The van der Waals surface area contributed by atoms with Crippen LogP contribution < -0.4 is 0 Å². The van der Waals surface area contributed by atoms with Crippen LogP contribution in [-0.2, 0) is 0 Å². The molecule has 0 saturated heterocycles. The van der Waals surface area contributed by atoms with Crippen LogP contribution in [0.25, 0.3) is 0 Å². The molecule has 95 heavy (non-hydrogen) atoms. The van der Waals surface area contributed by atoms with Gasteiger partial charge in [-0.05, 0) is 211 Å². The summed E-state index contributed by atoms with van der Waals surface area (Å²) in [5.74, 6) is 0. The van der Waals surface area contributed by atoms with Crippen LogP contribution >= 0.6 is 0 Å². The molecule has 0 radical (unpaired) electrons. The number of hydrogen-bond acceptors (Lipinski definition) is 0.